The molecule has 0 bridgehead atoms. The van der Waals surface area contributed by atoms with Gasteiger partial charge in [0, 0.05) is 11.4 Å². The number of nitrogens with zero attached hydrogens (tertiary/aromatic N) is 1. The van der Waals surface area contributed by atoms with Gasteiger partial charge in [-0.1, -0.05) is 66.9 Å². The van der Waals surface area contributed by atoms with Gasteiger partial charge in [0.2, 0.25) is 0 Å². The minimum Gasteiger partial charge on any atom is -0.493 e. The minimum absolute atomic E-state index is 0.242. The van der Waals surface area contributed by atoms with Crippen LogP contribution in [0.3, 0.4) is 0 Å². The molecular weight excluding hydrogens is 633 g/mol. The number of unbranched alkanes of at least 4 members (excludes halogenated alkanes) is 1. The number of ether oxygens (including phenoxy) is 3. The van der Waals surface area contributed by atoms with Crippen molar-refractivity contribution in [2.45, 2.75) is 45.3 Å². The smallest absolute Gasteiger partial charge is 0.262 e. The Balaban J connectivity index is 1.70. The molecule has 0 aromatic heterocycles. The monoisotopic (exact) mass is 663 g/mol. The van der Waals surface area contributed by atoms with Crippen LogP contribution in [0.25, 0.3) is 0 Å². The standard InChI is InChI=1S/C30H32BrCl2N3O5/c1-4-5-13-40-28-23(31)14-21(16-27(28)39-3)18-34-36-30(38)25(15-20-9-7-6-8-10-20)35-29(37)19(2)41-26-12-11-22(32)17-24(26)33/h6-12,14,16-19,25H,4-5,13,15H2,1-3H3,(H,35,37)(H,36,38)/b34-18-/t19-,25-/m1/s1. The molecule has 0 saturated heterocycles. The zero-order chi connectivity index (χ0) is 29.8. The summed E-state index contributed by atoms with van der Waals surface area (Å²) in [4.78, 5) is 26.2. The van der Waals surface area contributed by atoms with Gasteiger partial charge in [-0.2, -0.15) is 5.10 Å². The van der Waals surface area contributed by atoms with E-state index in [0.717, 1.165) is 18.4 Å². The zero-order valence-corrected chi connectivity index (χ0v) is 26.1. The fraction of sp³-hybridized carbons (Fsp3) is 0.300. The molecule has 218 valence electrons. The number of rotatable bonds is 14. The van der Waals surface area contributed by atoms with Crippen molar-refractivity contribution in [3.8, 4) is 17.2 Å². The van der Waals surface area contributed by atoms with Gasteiger partial charge in [-0.15, -0.1) is 0 Å². The van der Waals surface area contributed by atoms with E-state index in [9.17, 15) is 9.59 Å². The third-order valence-electron chi connectivity index (χ3n) is 5.87. The van der Waals surface area contributed by atoms with E-state index >= 15 is 0 Å². The van der Waals surface area contributed by atoms with E-state index < -0.39 is 24.0 Å². The van der Waals surface area contributed by atoms with Crippen molar-refractivity contribution in [1.29, 1.82) is 0 Å². The highest BCUT2D eigenvalue weighted by Crippen LogP contribution is 2.36. The van der Waals surface area contributed by atoms with Gasteiger partial charge in [-0.25, -0.2) is 5.43 Å². The number of methoxy groups -OCH3 is 1. The Morgan fingerprint density at radius 1 is 1.05 bits per heavy atom. The number of benzene rings is 3. The van der Waals surface area contributed by atoms with Crippen LogP contribution in [-0.2, 0) is 16.0 Å². The first-order chi connectivity index (χ1) is 19.7. The maximum Gasteiger partial charge on any atom is 0.262 e. The van der Waals surface area contributed by atoms with E-state index in [1.165, 1.54) is 12.3 Å². The highest BCUT2D eigenvalue weighted by atomic mass is 79.9. The van der Waals surface area contributed by atoms with Crippen molar-refractivity contribution >= 4 is 57.2 Å². The molecule has 2 atom stereocenters. The molecule has 0 radical (unpaired) electrons. The third-order valence-corrected chi connectivity index (χ3v) is 6.99. The molecule has 0 unspecified atom stereocenters. The molecule has 2 N–H and O–H groups in total. The lowest BCUT2D eigenvalue weighted by Crippen LogP contribution is -2.50. The van der Waals surface area contributed by atoms with E-state index in [0.29, 0.717) is 38.9 Å². The topological polar surface area (TPSA) is 98.2 Å². The lowest BCUT2D eigenvalue weighted by Gasteiger charge is -2.21. The molecule has 41 heavy (non-hydrogen) atoms. The van der Waals surface area contributed by atoms with Crippen LogP contribution in [0.5, 0.6) is 17.2 Å². The van der Waals surface area contributed by atoms with Crippen molar-refractivity contribution in [3.05, 3.63) is 86.3 Å². The fourth-order valence-electron chi connectivity index (χ4n) is 3.68. The van der Waals surface area contributed by atoms with Crippen LogP contribution in [0.2, 0.25) is 10.0 Å². The molecule has 3 rings (SSSR count). The third kappa shape index (κ3) is 9.95. The van der Waals surface area contributed by atoms with Crippen molar-refractivity contribution in [2.75, 3.05) is 13.7 Å². The summed E-state index contributed by atoms with van der Waals surface area (Å²) in [6, 6.07) is 16.7. The summed E-state index contributed by atoms with van der Waals surface area (Å²) in [7, 11) is 1.56. The van der Waals surface area contributed by atoms with Gasteiger partial charge in [-0.3, -0.25) is 9.59 Å². The summed E-state index contributed by atoms with van der Waals surface area (Å²) in [5.74, 6) is 0.441. The molecule has 3 aromatic rings. The first-order valence-electron chi connectivity index (χ1n) is 13.0. The number of hydrogen-bond donors (Lipinski definition) is 2. The SMILES string of the molecule is CCCCOc1c(Br)cc(/C=N\NC(=O)[C@@H](Cc2ccccc2)NC(=O)[C@@H](C)Oc2ccc(Cl)cc2Cl)cc1OC. The van der Waals surface area contributed by atoms with E-state index in [-0.39, 0.29) is 11.4 Å². The second-order valence-electron chi connectivity index (χ2n) is 9.06. The molecule has 0 heterocycles. The average Bonchev–Trinajstić information content (AvgIpc) is 2.95. The van der Waals surface area contributed by atoms with Gasteiger partial charge in [-0.05, 0) is 70.7 Å². The van der Waals surface area contributed by atoms with Crippen LogP contribution < -0.4 is 25.0 Å². The van der Waals surface area contributed by atoms with Gasteiger partial charge in [0.05, 0.1) is 29.4 Å². The van der Waals surface area contributed by atoms with Crippen LogP contribution in [-0.4, -0.2) is 43.9 Å². The highest BCUT2D eigenvalue weighted by molar-refractivity contribution is 9.10. The van der Waals surface area contributed by atoms with E-state index in [1.807, 2.05) is 36.4 Å². The van der Waals surface area contributed by atoms with Crippen molar-refractivity contribution < 1.29 is 23.8 Å². The second-order valence-corrected chi connectivity index (χ2v) is 10.8. The Bertz CT molecular complexity index is 1360. The van der Waals surface area contributed by atoms with E-state index in [4.69, 9.17) is 37.4 Å². The van der Waals surface area contributed by atoms with Gasteiger partial charge in [0.1, 0.15) is 11.8 Å². The molecule has 8 nitrogen and oxygen atoms in total. The number of hydrogen-bond acceptors (Lipinski definition) is 6. The van der Waals surface area contributed by atoms with Crippen molar-refractivity contribution in [2.24, 2.45) is 5.10 Å². The minimum atomic E-state index is -0.939. The summed E-state index contributed by atoms with van der Waals surface area (Å²) in [6.45, 7) is 4.22. The number of amides is 2. The van der Waals surface area contributed by atoms with Crippen LogP contribution >= 0.6 is 39.1 Å². The Kier molecular flexibility index (Phi) is 12.8. The molecule has 0 aliphatic rings. The molecule has 0 aliphatic heterocycles. The average molecular weight is 665 g/mol. The first kappa shape index (κ1) is 32.2. The predicted molar refractivity (Wildman–Crippen MR) is 165 cm³/mol. The molecule has 0 aliphatic carbocycles. The zero-order valence-electron chi connectivity index (χ0n) is 23.0. The first-order valence-corrected chi connectivity index (χ1v) is 14.6. The fourth-order valence-corrected chi connectivity index (χ4v) is 4.71. The van der Waals surface area contributed by atoms with Crippen LogP contribution in [0.15, 0.2) is 70.2 Å². The predicted octanol–water partition coefficient (Wildman–Crippen LogP) is 6.59. The number of halogens is 3. The molecule has 0 spiro atoms. The van der Waals surface area contributed by atoms with Gasteiger partial charge in [0.15, 0.2) is 17.6 Å². The summed E-state index contributed by atoms with van der Waals surface area (Å²) >= 11 is 15.6. The number of carbonyl (C=O) groups excluding carboxylic acids is 2. The summed E-state index contributed by atoms with van der Waals surface area (Å²) in [6.07, 6.45) is 2.72. The Hall–Kier alpha value is -3.27. The molecule has 11 heteroatoms. The summed E-state index contributed by atoms with van der Waals surface area (Å²) < 4.78 is 17.7. The van der Waals surface area contributed by atoms with E-state index in [1.54, 1.807) is 32.2 Å². The number of carbonyl (C=O) groups is 2. The molecular formula is C30H32BrCl2N3O5. The van der Waals surface area contributed by atoms with Crippen LogP contribution in [0, 0.1) is 0 Å². The van der Waals surface area contributed by atoms with Crippen molar-refractivity contribution in [1.82, 2.24) is 10.7 Å². The maximum absolute atomic E-state index is 13.2. The molecule has 0 saturated carbocycles. The van der Waals surface area contributed by atoms with Crippen molar-refractivity contribution in [3.63, 3.8) is 0 Å². The molecule has 3 aromatic carbocycles. The lowest BCUT2D eigenvalue weighted by molar-refractivity contribution is -0.132. The van der Waals surface area contributed by atoms with Gasteiger partial charge < -0.3 is 19.5 Å². The highest BCUT2D eigenvalue weighted by Gasteiger charge is 2.25. The van der Waals surface area contributed by atoms with Crippen LogP contribution in [0.4, 0.5) is 0 Å². The molecule has 2 amide bonds. The summed E-state index contributed by atoms with van der Waals surface area (Å²) in [5.41, 5.74) is 4.05. The quantitative estimate of drug-likeness (QED) is 0.115. The number of nitrogens with one attached hydrogen (secondary N) is 2. The summed E-state index contributed by atoms with van der Waals surface area (Å²) in [5, 5.41) is 7.59. The van der Waals surface area contributed by atoms with Crippen LogP contribution in [0.1, 0.15) is 37.8 Å². The Morgan fingerprint density at radius 2 is 1.80 bits per heavy atom. The normalized spacial score (nSPS) is 12.4. The maximum atomic E-state index is 13.2. The van der Waals surface area contributed by atoms with Gasteiger partial charge in [0.25, 0.3) is 11.8 Å². The van der Waals surface area contributed by atoms with Gasteiger partial charge >= 0.3 is 0 Å². The molecule has 0 fully saturated rings. The Morgan fingerprint density at radius 3 is 2.49 bits per heavy atom. The van der Waals surface area contributed by atoms with E-state index in [2.05, 4.69) is 38.7 Å². The lowest BCUT2D eigenvalue weighted by atomic mass is 10.1. The Labute approximate surface area is 258 Å². The number of hydrazone groups is 1. The second kappa shape index (κ2) is 16.2. The largest absolute Gasteiger partial charge is 0.493 e.